The van der Waals surface area contributed by atoms with Crippen molar-refractivity contribution >= 4 is 0 Å². The van der Waals surface area contributed by atoms with Gasteiger partial charge in [0, 0.05) is 18.1 Å². The van der Waals surface area contributed by atoms with Gasteiger partial charge in [0.2, 0.25) is 6.29 Å². The highest BCUT2D eigenvalue weighted by Crippen LogP contribution is 2.60. The number of hydrogen-bond acceptors (Lipinski definition) is 6. The summed E-state index contributed by atoms with van der Waals surface area (Å²) in [5.74, 6) is 2.01. The zero-order chi connectivity index (χ0) is 18.4. The highest BCUT2D eigenvalue weighted by atomic mass is 16.8. The second-order valence-electron chi connectivity index (χ2n) is 7.11. The van der Waals surface area contributed by atoms with Crippen LogP contribution >= 0.6 is 0 Å². The number of fused-ring (bicyclic) bond motifs is 2. The number of hydrogen-bond donors (Lipinski definition) is 1. The van der Waals surface area contributed by atoms with E-state index < -0.39 is 18.0 Å². The zero-order valence-electron chi connectivity index (χ0n) is 15.1. The quantitative estimate of drug-likeness (QED) is 0.833. The lowest BCUT2D eigenvalue weighted by molar-refractivity contribution is -0.106. The molecule has 0 saturated carbocycles. The molecule has 142 valence electrons. The lowest BCUT2D eigenvalue weighted by Crippen LogP contribution is -2.30. The molecular weight excluding hydrogens is 348 g/mol. The van der Waals surface area contributed by atoms with Gasteiger partial charge in [0.05, 0.1) is 13.7 Å². The molecule has 2 fully saturated rings. The number of rotatable bonds is 4. The Morgan fingerprint density at radius 3 is 2.63 bits per heavy atom. The molecule has 0 aliphatic carbocycles. The number of methoxy groups -OCH3 is 1. The maximum Gasteiger partial charge on any atom is 0.237 e. The van der Waals surface area contributed by atoms with Gasteiger partial charge in [-0.1, -0.05) is 12.1 Å². The maximum absolute atomic E-state index is 11.0. The fourth-order valence-electron chi connectivity index (χ4n) is 3.88. The van der Waals surface area contributed by atoms with Crippen LogP contribution < -0.4 is 14.2 Å². The minimum absolute atomic E-state index is 0.221. The van der Waals surface area contributed by atoms with Crippen LogP contribution in [-0.2, 0) is 15.1 Å². The van der Waals surface area contributed by atoms with Crippen molar-refractivity contribution in [2.75, 3.05) is 13.7 Å². The molecule has 0 amide bonds. The molecule has 0 spiro atoms. The van der Waals surface area contributed by atoms with Gasteiger partial charge in [0.1, 0.15) is 23.4 Å². The standard InChI is InChI=1S/C21H22O6/c1-23-14-7-5-13(6-8-14)21-19(22)16-10-9-15(12-17(16)26-20(21)27-21)25-18-4-2-3-11-24-18/h5-10,12,18-20,22H,2-4,11H2,1H3/t18-,19+,20-,21+/m1/s1. The smallest absolute Gasteiger partial charge is 0.237 e. The Bertz CT molecular complexity index is 829. The minimum atomic E-state index is -0.867. The van der Waals surface area contributed by atoms with Gasteiger partial charge >= 0.3 is 0 Å². The van der Waals surface area contributed by atoms with E-state index in [-0.39, 0.29) is 6.29 Å². The van der Waals surface area contributed by atoms with Crippen LogP contribution in [0.3, 0.4) is 0 Å². The monoisotopic (exact) mass is 370 g/mol. The molecule has 0 radical (unpaired) electrons. The second kappa shape index (κ2) is 6.41. The number of aliphatic hydroxyl groups excluding tert-OH is 1. The molecular formula is C21H22O6. The average molecular weight is 370 g/mol. The topological polar surface area (TPSA) is 69.7 Å². The van der Waals surface area contributed by atoms with Crippen molar-refractivity contribution in [3.05, 3.63) is 53.6 Å². The van der Waals surface area contributed by atoms with Crippen molar-refractivity contribution in [3.63, 3.8) is 0 Å². The van der Waals surface area contributed by atoms with Gasteiger partial charge in [0.15, 0.2) is 11.9 Å². The van der Waals surface area contributed by atoms with Crippen LogP contribution in [0.1, 0.15) is 36.5 Å². The van der Waals surface area contributed by atoms with E-state index in [1.54, 1.807) is 13.2 Å². The van der Waals surface area contributed by atoms with E-state index in [1.165, 1.54) is 0 Å². The van der Waals surface area contributed by atoms with Crippen LogP contribution in [0.15, 0.2) is 42.5 Å². The summed E-state index contributed by atoms with van der Waals surface area (Å²) >= 11 is 0. The first kappa shape index (κ1) is 16.9. The Labute approximate surface area is 157 Å². The molecule has 6 nitrogen and oxygen atoms in total. The highest BCUT2D eigenvalue weighted by Gasteiger charge is 2.68. The van der Waals surface area contributed by atoms with Crippen molar-refractivity contribution in [1.29, 1.82) is 0 Å². The summed E-state index contributed by atoms with van der Waals surface area (Å²) in [6, 6.07) is 13.0. The van der Waals surface area contributed by atoms with Crippen LogP contribution in [0.4, 0.5) is 0 Å². The van der Waals surface area contributed by atoms with Crippen LogP contribution in [0, 0.1) is 0 Å². The summed E-state index contributed by atoms with van der Waals surface area (Å²) in [5, 5.41) is 11.0. The van der Waals surface area contributed by atoms with Crippen LogP contribution in [0.25, 0.3) is 0 Å². The minimum Gasteiger partial charge on any atom is -0.497 e. The van der Waals surface area contributed by atoms with Crippen molar-refractivity contribution in [2.45, 2.75) is 43.5 Å². The molecule has 2 aromatic carbocycles. The van der Waals surface area contributed by atoms with Gasteiger partial charge in [-0.05, 0) is 42.7 Å². The SMILES string of the molecule is COc1ccc([C@@]23O[C@H]2Oc2cc(O[C@@H]4CCCCO4)ccc2[C@@H]3O)cc1. The fraction of sp³-hybridized carbons (Fsp3) is 0.429. The molecule has 6 heteroatoms. The molecule has 3 aliphatic rings. The summed E-state index contributed by atoms with van der Waals surface area (Å²) in [5.41, 5.74) is 0.688. The first-order valence-electron chi connectivity index (χ1n) is 9.30. The number of ether oxygens (including phenoxy) is 5. The van der Waals surface area contributed by atoms with Crippen LogP contribution in [0.2, 0.25) is 0 Å². The third-order valence-electron chi connectivity index (χ3n) is 5.46. The van der Waals surface area contributed by atoms with Crippen molar-refractivity contribution in [1.82, 2.24) is 0 Å². The van der Waals surface area contributed by atoms with Gasteiger partial charge < -0.3 is 28.8 Å². The summed E-state index contributed by atoms with van der Waals surface area (Å²) in [4.78, 5) is 0. The predicted molar refractivity (Wildman–Crippen MR) is 95.8 cm³/mol. The number of benzene rings is 2. The Kier molecular flexibility index (Phi) is 4.00. The van der Waals surface area contributed by atoms with E-state index >= 15 is 0 Å². The average Bonchev–Trinajstić information content (AvgIpc) is 3.44. The Morgan fingerprint density at radius 2 is 1.89 bits per heavy atom. The Morgan fingerprint density at radius 1 is 1.07 bits per heavy atom. The summed E-state index contributed by atoms with van der Waals surface area (Å²) < 4.78 is 28.5. The molecule has 2 aromatic rings. The molecule has 3 heterocycles. The van der Waals surface area contributed by atoms with Gasteiger partial charge in [-0.2, -0.15) is 0 Å². The molecule has 2 saturated heterocycles. The molecule has 0 aromatic heterocycles. The van der Waals surface area contributed by atoms with Crippen LogP contribution in [0.5, 0.6) is 17.2 Å². The molecule has 5 rings (SSSR count). The number of epoxide rings is 1. The third kappa shape index (κ3) is 2.76. The lowest BCUT2D eigenvalue weighted by Gasteiger charge is -2.28. The van der Waals surface area contributed by atoms with E-state index in [0.29, 0.717) is 17.1 Å². The molecule has 0 unspecified atom stereocenters. The largest absolute Gasteiger partial charge is 0.497 e. The molecule has 3 aliphatic heterocycles. The molecule has 4 atom stereocenters. The summed E-state index contributed by atoms with van der Waals surface area (Å²) in [6.07, 6.45) is 1.50. The van der Waals surface area contributed by atoms with E-state index in [0.717, 1.165) is 37.2 Å². The van der Waals surface area contributed by atoms with Crippen molar-refractivity contribution in [3.8, 4) is 17.2 Å². The van der Waals surface area contributed by atoms with Gasteiger partial charge in [-0.3, -0.25) is 0 Å². The maximum atomic E-state index is 11.0. The predicted octanol–water partition coefficient (Wildman–Crippen LogP) is 3.28. The normalized spacial score (nSPS) is 31.3. The summed E-state index contributed by atoms with van der Waals surface area (Å²) in [6.45, 7) is 0.727. The third-order valence-corrected chi connectivity index (χ3v) is 5.46. The Hall–Kier alpha value is -2.28. The number of aliphatic hydroxyl groups is 1. The fourth-order valence-corrected chi connectivity index (χ4v) is 3.88. The van der Waals surface area contributed by atoms with Gasteiger partial charge in [-0.15, -0.1) is 0 Å². The van der Waals surface area contributed by atoms with E-state index in [4.69, 9.17) is 23.7 Å². The first-order valence-corrected chi connectivity index (χ1v) is 9.30. The summed E-state index contributed by atoms with van der Waals surface area (Å²) in [7, 11) is 1.62. The zero-order valence-corrected chi connectivity index (χ0v) is 15.1. The van der Waals surface area contributed by atoms with E-state index in [1.807, 2.05) is 36.4 Å². The van der Waals surface area contributed by atoms with Crippen molar-refractivity contribution < 1.29 is 28.8 Å². The van der Waals surface area contributed by atoms with E-state index in [2.05, 4.69) is 0 Å². The Balaban J connectivity index is 1.39. The van der Waals surface area contributed by atoms with Crippen LogP contribution in [-0.4, -0.2) is 31.4 Å². The lowest BCUT2D eigenvalue weighted by atomic mass is 9.86. The van der Waals surface area contributed by atoms with Crippen molar-refractivity contribution in [2.24, 2.45) is 0 Å². The molecule has 1 N–H and O–H groups in total. The molecule has 27 heavy (non-hydrogen) atoms. The molecule has 0 bridgehead atoms. The highest BCUT2D eigenvalue weighted by molar-refractivity contribution is 5.49. The second-order valence-corrected chi connectivity index (χ2v) is 7.11. The van der Waals surface area contributed by atoms with E-state index in [9.17, 15) is 5.11 Å². The van der Waals surface area contributed by atoms with Gasteiger partial charge in [-0.25, -0.2) is 0 Å². The van der Waals surface area contributed by atoms with Gasteiger partial charge in [0.25, 0.3) is 0 Å². The first-order chi connectivity index (χ1) is 13.2.